The Bertz CT molecular complexity index is 334. The molecule has 0 heterocycles. The van der Waals surface area contributed by atoms with Gasteiger partial charge in [0.1, 0.15) is 5.82 Å². The molecule has 2 nitrogen and oxygen atoms in total. The minimum absolute atomic E-state index is 0.154. The summed E-state index contributed by atoms with van der Waals surface area (Å²) in [6, 6.07) is 4.73. The fourth-order valence-electron chi connectivity index (χ4n) is 1.90. The first kappa shape index (κ1) is 15.0. The lowest BCUT2D eigenvalue weighted by atomic mass is 10.1. The minimum atomic E-state index is -0.284. The van der Waals surface area contributed by atoms with E-state index in [0.29, 0.717) is 11.3 Å². The number of nitrogens with two attached hydrogens (primary N) is 1. The molecule has 1 aromatic rings. The number of halogens is 1. The molecule has 0 aliphatic carbocycles. The number of anilines is 1. The van der Waals surface area contributed by atoms with E-state index in [1.54, 1.807) is 12.1 Å². The molecule has 0 amide bonds. The van der Waals surface area contributed by atoms with Crippen LogP contribution in [0.15, 0.2) is 18.2 Å². The summed E-state index contributed by atoms with van der Waals surface area (Å²) in [4.78, 5) is 0. The van der Waals surface area contributed by atoms with Crippen LogP contribution in [0.3, 0.4) is 0 Å². The van der Waals surface area contributed by atoms with Gasteiger partial charge in [0.05, 0.1) is 12.7 Å². The first-order valence-electron chi connectivity index (χ1n) is 6.79. The second-order valence-corrected chi connectivity index (χ2v) is 4.78. The maximum Gasteiger partial charge on any atom is 0.130 e. The normalized spacial score (nSPS) is 12.6. The van der Waals surface area contributed by atoms with E-state index >= 15 is 0 Å². The summed E-state index contributed by atoms with van der Waals surface area (Å²) in [6.07, 6.45) is 6.09. The number of hydrogen-bond donors (Lipinski definition) is 1. The number of rotatable bonds is 8. The van der Waals surface area contributed by atoms with E-state index in [4.69, 9.17) is 10.5 Å². The van der Waals surface area contributed by atoms with Crippen molar-refractivity contribution in [2.45, 2.75) is 58.7 Å². The molecule has 1 unspecified atom stereocenters. The molecule has 0 fully saturated rings. The molecule has 3 heteroatoms. The van der Waals surface area contributed by atoms with Gasteiger partial charge >= 0.3 is 0 Å². The number of unbranched alkanes of at least 4 members (excludes halogenated alkanes) is 3. The van der Waals surface area contributed by atoms with Gasteiger partial charge in [0.15, 0.2) is 0 Å². The fraction of sp³-hybridized carbons (Fsp3) is 0.600. The van der Waals surface area contributed by atoms with Crippen molar-refractivity contribution in [1.82, 2.24) is 0 Å². The Labute approximate surface area is 109 Å². The van der Waals surface area contributed by atoms with E-state index in [1.807, 2.05) is 6.92 Å². The highest BCUT2D eigenvalue weighted by molar-refractivity contribution is 5.46. The monoisotopic (exact) mass is 253 g/mol. The summed E-state index contributed by atoms with van der Waals surface area (Å²) in [7, 11) is 0. The molecule has 0 aliphatic rings. The number of benzene rings is 1. The zero-order valence-electron chi connectivity index (χ0n) is 11.4. The van der Waals surface area contributed by atoms with Crippen molar-refractivity contribution in [1.29, 1.82) is 0 Å². The lowest BCUT2D eigenvalue weighted by Gasteiger charge is -2.14. The van der Waals surface area contributed by atoms with Gasteiger partial charge in [-0.2, -0.15) is 0 Å². The molecule has 0 aromatic heterocycles. The third kappa shape index (κ3) is 5.05. The highest BCUT2D eigenvalue weighted by Gasteiger charge is 2.08. The standard InChI is InChI=1S/C15H24FNO/c1-3-4-5-6-8-12(2)18-11-13-14(16)9-7-10-15(13)17/h7,9-10,12H,3-6,8,11,17H2,1-2H3. The van der Waals surface area contributed by atoms with E-state index in [9.17, 15) is 4.39 Å². The van der Waals surface area contributed by atoms with Crippen molar-refractivity contribution in [3.63, 3.8) is 0 Å². The van der Waals surface area contributed by atoms with Crippen LogP contribution in [-0.4, -0.2) is 6.10 Å². The molecule has 18 heavy (non-hydrogen) atoms. The van der Waals surface area contributed by atoms with E-state index in [-0.39, 0.29) is 18.5 Å². The maximum atomic E-state index is 13.5. The van der Waals surface area contributed by atoms with E-state index in [2.05, 4.69) is 6.92 Å². The molecule has 0 bridgehead atoms. The Morgan fingerprint density at radius 1 is 1.28 bits per heavy atom. The summed E-state index contributed by atoms with van der Waals surface area (Å²) >= 11 is 0. The quantitative estimate of drug-likeness (QED) is 0.554. The summed E-state index contributed by atoms with van der Waals surface area (Å²) in [5.41, 5.74) is 6.66. The molecule has 1 rings (SSSR count). The van der Waals surface area contributed by atoms with Gasteiger partial charge < -0.3 is 10.5 Å². The maximum absolute atomic E-state index is 13.5. The lowest BCUT2D eigenvalue weighted by molar-refractivity contribution is 0.0447. The average Bonchev–Trinajstić information content (AvgIpc) is 2.34. The third-order valence-corrected chi connectivity index (χ3v) is 3.13. The second kappa shape index (κ2) is 8.09. The topological polar surface area (TPSA) is 35.2 Å². The predicted molar refractivity (Wildman–Crippen MR) is 73.8 cm³/mol. The van der Waals surface area contributed by atoms with Crippen molar-refractivity contribution in [3.8, 4) is 0 Å². The number of hydrogen-bond acceptors (Lipinski definition) is 2. The lowest BCUT2D eigenvalue weighted by Crippen LogP contribution is -2.10. The largest absolute Gasteiger partial charge is 0.398 e. The zero-order chi connectivity index (χ0) is 13.4. The van der Waals surface area contributed by atoms with Crippen molar-refractivity contribution in [3.05, 3.63) is 29.6 Å². The molecule has 102 valence electrons. The average molecular weight is 253 g/mol. The van der Waals surface area contributed by atoms with Gasteiger partial charge in [-0.05, 0) is 25.5 Å². The van der Waals surface area contributed by atoms with Crippen LogP contribution in [0.4, 0.5) is 10.1 Å². The SMILES string of the molecule is CCCCCCC(C)OCc1c(N)cccc1F. The summed E-state index contributed by atoms with van der Waals surface area (Å²) in [5, 5.41) is 0. The highest BCUT2D eigenvalue weighted by Crippen LogP contribution is 2.18. The van der Waals surface area contributed by atoms with Gasteiger partial charge in [0.25, 0.3) is 0 Å². The van der Waals surface area contributed by atoms with Crippen LogP contribution >= 0.6 is 0 Å². The van der Waals surface area contributed by atoms with Gasteiger partial charge in [-0.15, -0.1) is 0 Å². The molecule has 0 spiro atoms. The summed E-state index contributed by atoms with van der Waals surface area (Å²) < 4.78 is 19.1. The molecule has 2 N–H and O–H groups in total. The van der Waals surface area contributed by atoms with Crippen LogP contribution in [0.2, 0.25) is 0 Å². The molecule has 0 saturated carbocycles. The van der Waals surface area contributed by atoms with E-state index < -0.39 is 0 Å². The zero-order valence-corrected chi connectivity index (χ0v) is 11.4. The van der Waals surface area contributed by atoms with Crippen molar-refractivity contribution in [2.24, 2.45) is 0 Å². The molecular formula is C15H24FNO. The smallest absolute Gasteiger partial charge is 0.130 e. The minimum Gasteiger partial charge on any atom is -0.398 e. The van der Waals surface area contributed by atoms with E-state index in [0.717, 1.165) is 6.42 Å². The molecule has 0 aliphatic heterocycles. The Morgan fingerprint density at radius 3 is 2.72 bits per heavy atom. The molecule has 0 radical (unpaired) electrons. The van der Waals surface area contributed by atoms with Crippen LogP contribution in [0, 0.1) is 5.82 Å². The van der Waals surface area contributed by atoms with Crippen LogP contribution in [0.25, 0.3) is 0 Å². The second-order valence-electron chi connectivity index (χ2n) is 4.78. The van der Waals surface area contributed by atoms with Crippen LogP contribution in [0.5, 0.6) is 0 Å². The predicted octanol–water partition coefficient (Wildman–Crippen LogP) is 4.28. The molecule has 1 atom stereocenters. The van der Waals surface area contributed by atoms with Crippen LogP contribution in [-0.2, 0) is 11.3 Å². The highest BCUT2D eigenvalue weighted by atomic mass is 19.1. The third-order valence-electron chi connectivity index (χ3n) is 3.13. The Hall–Kier alpha value is -1.09. The number of ether oxygens (including phenoxy) is 1. The Morgan fingerprint density at radius 2 is 2.06 bits per heavy atom. The first-order chi connectivity index (χ1) is 8.65. The van der Waals surface area contributed by atoms with Crippen molar-refractivity contribution < 1.29 is 9.13 Å². The fourth-order valence-corrected chi connectivity index (χ4v) is 1.90. The first-order valence-corrected chi connectivity index (χ1v) is 6.79. The molecular weight excluding hydrogens is 229 g/mol. The Kier molecular flexibility index (Phi) is 6.73. The van der Waals surface area contributed by atoms with Crippen molar-refractivity contribution >= 4 is 5.69 Å². The van der Waals surface area contributed by atoms with Crippen molar-refractivity contribution in [2.75, 3.05) is 5.73 Å². The van der Waals surface area contributed by atoms with Gasteiger partial charge in [-0.1, -0.05) is 38.7 Å². The summed E-state index contributed by atoms with van der Waals surface area (Å²) in [6.45, 7) is 4.48. The molecule has 1 aromatic carbocycles. The van der Waals surface area contributed by atoms with Gasteiger partial charge in [-0.25, -0.2) is 4.39 Å². The van der Waals surface area contributed by atoms with Gasteiger partial charge in [-0.3, -0.25) is 0 Å². The van der Waals surface area contributed by atoms with Gasteiger partial charge in [0, 0.05) is 11.3 Å². The number of nitrogen functional groups attached to an aromatic ring is 1. The van der Waals surface area contributed by atoms with Crippen LogP contribution < -0.4 is 5.73 Å². The van der Waals surface area contributed by atoms with E-state index in [1.165, 1.54) is 31.7 Å². The van der Waals surface area contributed by atoms with Crippen LogP contribution in [0.1, 0.15) is 51.5 Å². The molecule has 0 saturated heterocycles. The summed E-state index contributed by atoms with van der Waals surface area (Å²) in [5.74, 6) is -0.284. The Balaban J connectivity index is 2.31. The van der Waals surface area contributed by atoms with Gasteiger partial charge in [0.2, 0.25) is 0 Å².